The zero-order valence-corrected chi connectivity index (χ0v) is 26.2. The van der Waals surface area contributed by atoms with Crippen molar-refractivity contribution in [3.05, 3.63) is 23.8 Å². The highest BCUT2D eigenvalue weighted by atomic mass is 16.5. The van der Waals surface area contributed by atoms with Crippen molar-refractivity contribution in [2.45, 2.75) is 91.3 Å². The second kappa shape index (κ2) is 17.8. The summed E-state index contributed by atoms with van der Waals surface area (Å²) >= 11 is 0. The van der Waals surface area contributed by atoms with Gasteiger partial charge in [0.05, 0.1) is 19.8 Å². The van der Waals surface area contributed by atoms with Crippen LogP contribution in [-0.4, -0.2) is 81.2 Å². The Labute approximate surface area is 243 Å². The van der Waals surface area contributed by atoms with E-state index in [2.05, 4.69) is 50.9 Å². The Morgan fingerprint density at radius 1 is 1.07 bits per heavy atom. The number of carbonyl (C=O) groups is 1. The van der Waals surface area contributed by atoms with E-state index in [0.717, 1.165) is 56.6 Å². The van der Waals surface area contributed by atoms with Gasteiger partial charge in [-0.05, 0) is 74.1 Å². The van der Waals surface area contributed by atoms with Crippen LogP contribution in [0.4, 0.5) is 0 Å². The highest BCUT2D eigenvalue weighted by Crippen LogP contribution is 2.32. The minimum atomic E-state index is -0.739. The van der Waals surface area contributed by atoms with Crippen molar-refractivity contribution in [1.29, 1.82) is 0 Å². The molecule has 1 amide bonds. The molecule has 1 aliphatic rings. The van der Waals surface area contributed by atoms with E-state index in [9.17, 15) is 9.90 Å². The average molecular weight is 564 g/mol. The monoisotopic (exact) mass is 563 g/mol. The van der Waals surface area contributed by atoms with E-state index in [-0.39, 0.29) is 29.7 Å². The molecule has 1 heterocycles. The van der Waals surface area contributed by atoms with Crippen LogP contribution in [0.25, 0.3) is 0 Å². The van der Waals surface area contributed by atoms with Gasteiger partial charge in [-0.1, -0.05) is 40.7 Å². The molecule has 0 bridgehead atoms. The lowest BCUT2D eigenvalue weighted by molar-refractivity contribution is -0.128. The number of likely N-dealkylation sites (tertiary alicyclic amines) is 1. The van der Waals surface area contributed by atoms with Crippen molar-refractivity contribution in [2.75, 3.05) is 47.1 Å². The molecule has 0 aliphatic carbocycles. The van der Waals surface area contributed by atoms with Crippen LogP contribution in [0.3, 0.4) is 0 Å². The van der Waals surface area contributed by atoms with Gasteiger partial charge in [-0.25, -0.2) is 0 Å². The Morgan fingerprint density at radius 3 is 2.35 bits per heavy atom. The Hall–Kier alpha value is -1.87. The number of carbonyl (C=O) groups excluding carboxylic acids is 1. The molecule has 40 heavy (non-hydrogen) atoms. The second-order valence-electron chi connectivity index (χ2n) is 12.2. The number of amides is 1. The Morgan fingerprint density at radius 2 is 1.77 bits per heavy atom. The van der Waals surface area contributed by atoms with E-state index in [1.165, 1.54) is 0 Å². The number of aliphatic hydroxyl groups is 1. The fourth-order valence-corrected chi connectivity index (χ4v) is 5.57. The van der Waals surface area contributed by atoms with Gasteiger partial charge >= 0.3 is 0 Å². The van der Waals surface area contributed by atoms with E-state index < -0.39 is 12.1 Å². The highest BCUT2D eigenvalue weighted by Gasteiger charge is 2.31. The molecule has 1 fully saturated rings. The quantitative estimate of drug-likeness (QED) is 0.229. The molecule has 0 saturated carbocycles. The van der Waals surface area contributed by atoms with Gasteiger partial charge in [0.15, 0.2) is 11.5 Å². The maximum absolute atomic E-state index is 13.2. The van der Waals surface area contributed by atoms with Gasteiger partial charge in [-0.2, -0.15) is 0 Å². The number of hydrogen-bond donors (Lipinski definition) is 3. The first-order chi connectivity index (χ1) is 19.1. The Bertz CT molecular complexity index is 857. The molecule has 0 unspecified atom stereocenters. The molecule has 8 heteroatoms. The van der Waals surface area contributed by atoms with E-state index in [1.54, 1.807) is 14.2 Å². The Kier molecular flexibility index (Phi) is 15.3. The molecular weight excluding hydrogens is 506 g/mol. The summed E-state index contributed by atoms with van der Waals surface area (Å²) in [6.45, 7) is 15.0. The van der Waals surface area contributed by atoms with Crippen molar-refractivity contribution in [1.82, 2.24) is 10.2 Å². The fraction of sp³-hybridized carbons (Fsp3) is 0.781. The summed E-state index contributed by atoms with van der Waals surface area (Å²) in [5.41, 5.74) is 7.75. The van der Waals surface area contributed by atoms with E-state index in [1.807, 2.05) is 12.1 Å². The largest absolute Gasteiger partial charge is 0.493 e. The number of rotatable bonds is 18. The van der Waals surface area contributed by atoms with Crippen molar-refractivity contribution >= 4 is 5.91 Å². The van der Waals surface area contributed by atoms with Gasteiger partial charge in [0.25, 0.3) is 0 Å². The molecule has 1 aromatic carbocycles. The molecule has 1 aliphatic heterocycles. The number of hydrogen-bond acceptors (Lipinski definition) is 7. The number of piperidine rings is 1. The second-order valence-corrected chi connectivity index (χ2v) is 12.2. The molecule has 8 nitrogen and oxygen atoms in total. The molecule has 2 rings (SSSR count). The van der Waals surface area contributed by atoms with Crippen LogP contribution in [-0.2, 0) is 16.0 Å². The molecule has 0 radical (unpaired) electrons. The zero-order valence-electron chi connectivity index (χ0n) is 26.2. The first-order valence-corrected chi connectivity index (χ1v) is 15.3. The number of nitrogens with zero attached hydrogens (tertiary/aromatic N) is 1. The normalized spacial score (nSPS) is 18.0. The van der Waals surface area contributed by atoms with Gasteiger partial charge in [0, 0.05) is 51.2 Å². The van der Waals surface area contributed by atoms with Crippen molar-refractivity contribution in [2.24, 2.45) is 29.4 Å². The minimum absolute atomic E-state index is 0.0490. The summed E-state index contributed by atoms with van der Waals surface area (Å²) in [5, 5.41) is 14.4. The molecule has 0 aromatic heterocycles. The van der Waals surface area contributed by atoms with Gasteiger partial charge in [0.1, 0.15) is 0 Å². The summed E-state index contributed by atoms with van der Waals surface area (Å²) in [6.07, 6.45) is 3.90. The summed E-state index contributed by atoms with van der Waals surface area (Å²) in [7, 11) is 3.33. The van der Waals surface area contributed by atoms with Crippen molar-refractivity contribution < 1.29 is 24.1 Å². The number of nitrogens with two attached hydrogens (primary N) is 1. The molecule has 4 N–H and O–H groups in total. The van der Waals surface area contributed by atoms with E-state index in [4.69, 9.17) is 19.9 Å². The first-order valence-electron chi connectivity index (χ1n) is 15.3. The average Bonchev–Trinajstić information content (AvgIpc) is 2.93. The van der Waals surface area contributed by atoms with E-state index >= 15 is 0 Å². The predicted molar refractivity (Wildman–Crippen MR) is 162 cm³/mol. The van der Waals surface area contributed by atoms with Gasteiger partial charge in [-0.3, -0.25) is 4.79 Å². The summed E-state index contributed by atoms with van der Waals surface area (Å²) in [5.74, 6) is 2.01. The van der Waals surface area contributed by atoms with Crippen LogP contribution in [0, 0.1) is 23.7 Å². The molecule has 1 saturated heterocycles. The Balaban J connectivity index is 1.98. The standard InChI is InChI=1S/C32H57N3O5/c1-8-35-14-12-26(13-15-35)34-32(37)27(23(4)5)21-29(36)28(33)20-25(22(2)3)18-24-10-11-30(39-7)31(19-24)40-17-9-16-38-6/h10-11,19,22-23,25-29,36H,8-9,12-18,20-21,33H2,1-7H3,(H,34,37)/t25-,27-,28-,29-/m0/s1. The van der Waals surface area contributed by atoms with Crippen LogP contribution in [0.1, 0.15) is 72.3 Å². The maximum atomic E-state index is 13.2. The topological polar surface area (TPSA) is 106 Å². The van der Waals surface area contributed by atoms with Crippen LogP contribution in [0.15, 0.2) is 18.2 Å². The SMILES string of the molecule is CCN1CCC(NC(=O)[C@@H](C[C@H](O)[C@@H](N)C[C@H](Cc2ccc(OC)c(OCCCOC)c2)C(C)C)C(C)C)CC1. The maximum Gasteiger partial charge on any atom is 0.223 e. The molecule has 230 valence electrons. The van der Waals surface area contributed by atoms with Crippen LogP contribution in [0.2, 0.25) is 0 Å². The van der Waals surface area contributed by atoms with Gasteiger partial charge in [-0.15, -0.1) is 0 Å². The minimum Gasteiger partial charge on any atom is -0.493 e. The molecule has 4 atom stereocenters. The highest BCUT2D eigenvalue weighted by molar-refractivity contribution is 5.79. The summed E-state index contributed by atoms with van der Waals surface area (Å²) in [4.78, 5) is 15.6. The third-order valence-corrected chi connectivity index (χ3v) is 8.51. The number of methoxy groups -OCH3 is 2. The van der Waals surface area contributed by atoms with Gasteiger partial charge < -0.3 is 35.3 Å². The molecule has 0 spiro atoms. The molecule has 1 aromatic rings. The van der Waals surface area contributed by atoms with Crippen LogP contribution >= 0.6 is 0 Å². The summed E-state index contributed by atoms with van der Waals surface area (Å²) < 4.78 is 16.6. The van der Waals surface area contributed by atoms with E-state index in [0.29, 0.717) is 37.7 Å². The fourth-order valence-electron chi connectivity index (χ4n) is 5.57. The third-order valence-electron chi connectivity index (χ3n) is 8.51. The third kappa shape index (κ3) is 11.2. The van der Waals surface area contributed by atoms with Crippen LogP contribution in [0.5, 0.6) is 11.5 Å². The van der Waals surface area contributed by atoms with Crippen molar-refractivity contribution in [3.8, 4) is 11.5 Å². The zero-order chi connectivity index (χ0) is 29.7. The summed E-state index contributed by atoms with van der Waals surface area (Å²) in [6, 6.07) is 5.88. The lowest BCUT2D eigenvalue weighted by Gasteiger charge is -2.34. The predicted octanol–water partition coefficient (Wildman–Crippen LogP) is 4.27. The number of ether oxygens (including phenoxy) is 3. The smallest absolute Gasteiger partial charge is 0.223 e. The first kappa shape index (κ1) is 34.3. The lowest BCUT2D eigenvalue weighted by atomic mass is 9.80. The van der Waals surface area contributed by atoms with Crippen LogP contribution < -0.4 is 20.5 Å². The molecular formula is C32H57N3O5. The van der Waals surface area contributed by atoms with Gasteiger partial charge in [0.2, 0.25) is 5.91 Å². The van der Waals surface area contributed by atoms with Crippen molar-refractivity contribution in [3.63, 3.8) is 0 Å². The lowest BCUT2D eigenvalue weighted by Crippen LogP contribution is -2.48. The number of aliphatic hydroxyl groups excluding tert-OH is 1. The number of nitrogens with one attached hydrogen (secondary N) is 1. The number of benzene rings is 1.